The Labute approximate surface area is 114 Å². The molecular weight excluding hydrogens is 246 g/mol. The molecule has 0 aromatic heterocycles. The molecule has 1 saturated heterocycles. The van der Waals surface area contributed by atoms with Crippen LogP contribution < -0.4 is 10.1 Å². The standard InChI is InChI=1S/C15H20ClNO/c1-18-15-12(16)9-10-5-2-3-6-11(10)14(15)13-7-4-8-17-13/h9,13,17H,2-8H2,1H3. The molecule has 1 fully saturated rings. The molecule has 1 N–H and O–H groups in total. The zero-order valence-electron chi connectivity index (χ0n) is 10.9. The van der Waals surface area contributed by atoms with E-state index < -0.39 is 0 Å². The number of fused-ring (bicyclic) bond motifs is 1. The van der Waals surface area contributed by atoms with E-state index in [0.717, 1.165) is 17.3 Å². The minimum atomic E-state index is 0.436. The highest BCUT2D eigenvalue weighted by atomic mass is 35.5. The number of methoxy groups -OCH3 is 1. The largest absolute Gasteiger partial charge is 0.495 e. The Hall–Kier alpha value is -0.730. The first kappa shape index (κ1) is 12.3. The van der Waals surface area contributed by atoms with Crippen LogP contribution in [0.25, 0.3) is 0 Å². The molecule has 3 heteroatoms. The Morgan fingerprint density at radius 3 is 2.83 bits per heavy atom. The van der Waals surface area contributed by atoms with Gasteiger partial charge in [0.2, 0.25) is 0 Å². The van der Waals surface area contributed by atoms with E-state index in [1.807, 2.05) is 0 Å². The molecule has 98 valence electrons. The predicted molar refractivity (Wildman–Crippen MR) is 74.6 cm³/mol. The number of ether oxygens (including phenoxy) is 1. The maximum atomic E-state index is 6.39. The normalized spacial score (nSPS) is 22.9. The molecule has 0 amide bonds. The van der Waals surface area contributed by atoms with Crippen LogP contribution in [0.2, 0.25) is 5.02 Å². The second-order valence-corrected chi connectivity index (χ2v) is 5.71. The lowest BCUT2D eigenvalue weighted by molar-refractivity contribution is 0.401. The van der Waals surface area contributed by atoms with Crippen LogP contribution in [-0.2, 0) is 12.8 Å². The van der Waals surface area contributed by atoms with Crippen LogP contribution in [-0.4, -0.2) is 13.7 Å². The van der Waals surface area contributed by atoms with Crippen LogP contribution in [0, 0.1) is 0 Å². The lowest BCUT2D eigenvalue weighted by atomic mass is 9.85. The summed E-state index contributed by atoms with van der Waals surface area (Å²) in [5, 5.41) is 4.37. The maximum Gasteiger partial charge on any atom is 0.142 e. The second-order valence-electron chi connectivity index (χ2n) is 5.30. The van der Waals surface area contributed by atoms with E-state index in [1.165, 1.54) is 55.2 Å². The Morgan fingerprint density at radius 2 is 2.11 bits per heavy atom. The van der Waals surface area contributed by atoms with Crippen molar-refractivity contribution in [1.29, 1.82) is 0 Å². The summed E-state index contributed by atoms with van der Waals surface area (Å²) in [7, 11) is 1.73. The summed E-state index contributed by atoms with van der Waals surface area (Å²) in [6.07, 6.45) is 7.36. The molecule has 0 bridgehead atoms. The third kappa shape index (κ3) is 2.02. The van der Waals surface area contributed by atoms with Gasteiger partial charge in [-0.3, -0.25) is 0 Å². The molecule has 1 aromatic rings. The van der Waals surface area contributed by atoms with Gasteiger partial charge in [0, 0.05) is 11.6 Å². The van der Waals surface area contributed by atoms with E-state index in [1.54, 1.807) is 7.11 Å². The molecular formula is C15H20ClNO. The van der Waals surface area contributed by atoms with Gasteiger partial charge in [0.25, 0.3) is 0 Å². The van der Waals surface area contributed by atoms with Gasteiger partial charge < -0.3 is 10.1 Å². The summed E-state index contributed by atoms with van der Waals surface area (Å²) >= 11 is 6.39. The number of halogens is 1. The minimum Gasteiger partial charge on any atom is -0.495 e. The average molecular weight is 266 g/mol. The quantitative estimate of drug-likeness (QED) is 0.881. The van der Waals surface area contributed by atoms with Crippen LogP contribution in [0.5, 0.6) is 5.75 Å². The molecule has 1 aliphatic heterocycles. The van der Waals surface area contributed by atoms with E-state index in [0.29, 0.717) is 6.04 Å². The summed E-state index contributed by atoms with van der Waals surface area (Å²) in [6, 6.07) is 2.55. The average Bonchev–Trinajstić information content (AvgIpc) is 2.90. The van der Waals surface area contributed by atoms with Crippen molar-refractivity contribution >= 4 is 11.6 Å². The Morgan fingerprint density at radius 1 is 1.28 bits per heavy atom. The van der Waals surface area contributed by atoms with Gasteiger partial charge >= 0.3 is 0 Å². The van der Waals surface area contributed by atoms with Crippen LogP contribution in [0.4, 0.5) is 0 Å². The maximum absolute atomic E-state index is 6.39. The van der Waals surface area contributed by atoms with Crippen molar-refractivity contribution in [3.8, 4) is 5.75 Å². The summed E-state index contributed by atoms with van der Waals surface area (Å²) in [5.74, 6) is 0.900. The molecule has 1 aromatic carbocycles. The zero-order valence-corrected chi connectivity index (χ0v) is 11.6. The molecule has 1 atom stereocenters. The SMILES string of the molecule is COc1c(Cl)cc2c(c1C1CCCN1)CCCC2. The number of aryl methyl sites for hydroxylation is 1. The molecule has 0 saturated carbocycles. The van der Waals surface area contributed by atoms with Gasteiger partial charge in [0.05, 0.1) is 12.1 Å². The molecule has 0 spiro atoms. The summed E-state index contributed by atoms with van der Waals surface area (Å²) in [6.45, 7) is 1.11. The lowest BCUT2D eigenvalue weighted by Crippen LogP contribution is -2.18. The number of hydrogen-bond acceptors (Lipinski definition) is 2. The van der Waals surface area contributed by atoms with Crippen molar-refractivity contribution in [2.24, 2.45) is 0 Å². The van der Waals surface area contributed by atoms with Gasteiger partial charge in [-0.25, -0.2) is 0 Å². The first-order valence-corrected chi connectivity index (χ1v) is 7.30. The van der Waals surface area contributed by atoms with Crippen molar-refractivity contribution in [1.82, 2.24) is 5.32 Å². The minimum absolute atomic E-state index is 0.436. The number of benzene rings is 1. The van der Waals surface area contributed by atoms with Crippen LogP contribution >= 0.6 is 11.6 Å². The Bertz CT molecular complexity index is 452. The lowest BCUT2D eigenvalue weighted by Gasteiger charge is -2.26. The van der Waals surface area contributed by atoms with Gasteiger partial charge in [0.1, 0.15) is 5.75 Å². The first-order chi connectivity index (χ1) is 8.81. The smallest absolute Gasteiger partial charge is 0.142 e. The van der Waals surface area contributed by atoms with Crippen molar-refractivity contribution in [2.75, 3.05) is 13.7 Å². The first-order valence-electron chi connectivity index (χ1n) is 6.92. The Kier molecular flexibility index (Phi) is 3.49. The van der Waals surface area contributed by atoms with E-state index >= 15 is 0 Å². The third-order valence-corrected chi connectivity index (χ3v) is 4.49. The van der Waals surface area contributed by atoms with E-state index in [-0.39, 0.29) is 0 Å². The monoisotopic (exact) mass is 265 g/mol. The second kappa shape index (κ2) is 5.10. The molecule has 1 unspecified atom stereocenters. The highest BCUT2D eigenvalue weighted by Gasteiger charge is 2.27. The van der Waals surface area contributed by atoms with Crippen molar-refractivity contribution < 1.29 is 4.74 Å². The summed E-state index contributed by atoms with van der Waals surface area (Å²) in [5.41, 5.74) is 4.29. The highest BCUT2D eigenvalue weighted by molar-refractivity contribution is 6.32. The van der Waals surface area contributed by atoms with Gasteiger partial charge in [-0.15, -0.1) is 0 Å². The predicted octanol–water partition coefficient (Wildman–Crippen LogP) is 3.65. The topological polar surface area (TPSA) is 21.3 Å². The van der Waals surface area contributed by atoms with Crippen LogP contribution in [0.15, 0.2) is 6.07 Å². The zero-order chi connectivity index (χ0) is 12.5. The Balaban J connectivity index is 2.14. The molecule has 1 aliphatic carbocycles. The highest BCUT2D eigenvalue weighted by Crippen LogP contribution is 2.42. The van der Waals surface area contributed by atoms with Gasteiger partial charge in [-0.05, 0) is 62.3 Å². The van der Waals surface area contributed by atoms with Crippen molar-refractivity contribution in [3.63, 3.8) is 0 Å². The molecule has 3 rings (SSSR count). The van der Waals surface area contributed by atoms with Gasteiger partial charge in [0.15, 0.2) is 0 Å². The van der Waals surface area contributed by atoms with Gasteiger partial charge in [-0.2, -0.15) is 0 Å². The summed E-state index contributed by atoms with van der Waals surface area (Å²) < 4.78 is 5.58. The molecule has 1 heterocycles. The van der Waals surface area contributed by atoms with Crippen molar-refractivity contribution in [2.45, 2.75) is 44.6 Å². The van der Waals surface area contributed by atoms with E-state index in [4.69, 9.17) is 16.3 Å². The molecule has 0 radical (unpaired) electrons. The summed E-state index contributed by atoms with van der Waals surface area (Å²) in [4.78, 5) is 0. The molecule has 2 nitrogen and oxygen atoms in total. The molecule has 18 heavy (non-hydrogen) atoms. The number of rotatable bonds is 2. The fraction of sp³-hybridized carbons (Fsp3) is 0.600. The number of hydrogen-bond donors (Lipinski definition) is 1. The fourth-order valence-electron chi connectivity index (χ4n) is 3.39. The fourth-order valence-corrected chi connectivity index (χ4v) is 3.70. The van der Waals surface area contributed by atoms with E-state index in [2.05, 4.69) is 11.4 Å². The van der Waals surface area contributed by atoms with Gasteiger partial charge in [-0.1, -0.05) is 11.6 Å². The third-order valence-electron chi connectivity index (χ3n) is 4.21. The van der Waals surface area contributed by atoms with Crippen LogP contribution in [0.1, 0.15) is 48.4 Å². The molecule has 2 aliphatic rings. The van der Waals surface area contributed by atoms with E-state index in [9.17, 15) is 0 Å². The van der Waals surface area contributed by atoms with Crippen molar-refractivity contribution in [3.05, 3.63) is 27.8 Å². The number of nitrogens with one attached hydrogen (secondary N) is 1. The van der Waals surface area contributed by atoms with Crippen LogP contribution in [0.3, 0.4) is 0 Å².